The molecule has 0 aliphatic heterocycles. The predicted molar refractivity (Wildman–Crippen MR) is 262 cm³/mol. The number of rotatable bonds is 7. The molecule has 0 radical (unpaired) electrons. The standard InChI is InChI=1S/C58H38N2S/c1-2-16-45-41(14-1)15-13-22-47(45)48-18-4-9-24-54(48)59(44-36-37-58-52(38-44)51-21-7-12-27-57(51)61-58)43-34-32-40(33-35-43)39-28-30-42(31-29-39)46-17-3-8-23-53(46)60-55-25-10-5-19-49(55)50-20-6-11-26-56(50)60/h1-38H. The fraction of sp³-hybridized carbons (Fsp3) is 0. The highest BCUT2D eigenvalue weighted by Crippen LogP contribution is 2.45. The van der Waals surface area contributed by atoms with Crippen LogP contribution >= 0.6 is 11.3 Å². The van der Waals surface area contributed by atoms with Crippen LogP contribution in [-0.2, 0) is 0 Å². The molecule has 0 atom stereocenters. The van der Waals surface area contributed by atoms with Gasteiger partial charge in [0.1, 0.15) is 0 Å². The third-order valence-electron chi connectivity index (χ3n) is 12.2. The van der Waals surface area contributed by atoms with Crippen LogP contribution in [-0.4, -0.2) is 4.57 Å². The van der Waals surface area contributed by atoms with Gasteiger partial charge in [-0.25, -0.2) is 0 Å². The van der Waals surface area contributed by atoms with E-state index in [1.54, 1.807) is 0 Å². The Balaban J connectivity index is 0.949. The van der Waals surface area contributed by atoms with Crippen molar-refractivity contribution < 1.29 is 0 Å². The Morgan fingerprint density at radius 3 is 1.62 bits per heavy atom. The lowest BCUT2D eigenvalue weighted by Crippen LogP contribution is -2.11. The number of nitrogens with zero attached hydrogens (tertiary/aromatic N) is 2. The molecule has 0 aliphatic carbocycles. The lowest BCUT2D eigenvalue weighted by Gasteiger charge is -2.28. The molecule has 0 amide bonds. The summed E-state index contributed by atoms with van der Waals surface area (Å²) < 4.78 is 5.02. The Labute approximate surface area is 358 Å². The van der Waals surface area contributed by atoms with Crippen LogP contribution in [0.15, 0.2) is 231 Å². The van der Waals surface area contributed by atoms with Gasteiger partial charge in [0.2, 0.25) is 0 Å². The number of aromatic nitrogens is 1. The van der Waals surface area contributed by atoms with Crippen molar-refractivity contribution in [1.82, 2.24) is 4.57 Å². The van der Waals surface area contributed by atoms with E-state index in [1.807, 2.05) is 11.3 Å². The van der Waals surface area contributed by atoms with E-state index in [0.29, 0.717) is 0 Å². The lowest BCUT2D eigenvalue weighted by molar-refractivity contribution is 1.18. The van der Waals surface area contributed by atoms with Gasteiger partial charge in [-0.1, -0.05) is 170 Å². The zero-order chi connectivity index (χ0) is 40.3. The Bertz CT molecular complexity index is 3530. The molecular weight excluding hydrogens is 757 g/mol. The quantitative estimate of drug-likeness (QED) is 0.156. The van der Waals surface area contributed by atoms with Crippen molar-refractivity contribution in [3.05, 3.63) is 231 Å². The van der Waals surface area contributed by atoms with E-state index in [0.717, 1.165) is 17.1 Å². The summed E-state index contributed by atoms with van der Waals surface area (Å²) in [5.41, 5.74) is 14.1. The zero-order valence-corrected chi connectivity index (χ0v) is 34.1. The summed E-state index contributed by atoms with van der Waals surface area (Å²) >= 11 is 1.85. The molecule has 61 heavy (non-hydrogen) atoms. The van der Waals surface area contributed by atoms with Crippen LogP contribution in [0.2, 0.25) is 0 Å². The normalized spacial score (nSPS) is 11.6. The molecule has 0 saturated carbocycles. The van der Waals surface area contributed by atoms with Crippen molar-refractivity contribution in [2.75, 3.05) is 4.90 Å². The van der Waals surface area contributed by atoms with Gasteiger partial charge in [0, 0.05) is 53.4 Å². The highest BCUT2D eigenvalue weighted by molar-refractivity contribution is 7.25. The minimum absolute atomic E-state index is 1.10. The average Bonchev–Trinajstić information content (AvgIpc) is 3.87. The van der Waals surface area contributed by atoms with Gasteiger partial charge < -0.3 is 9.47 Å². The first-order valence-electron chi connectivity index (χ1n) is 20.8. The van der Waals surface area contributed by atoms with Gasteiger partial charge in [0.05, 0.1) is 22.4 Å². The zero-order valence-electron chi connectivity index (χ0n) is 33.2. The van der Waals surface area contributed by atoms with Crippen molar-refractivity contribution >= 4 is 81.1 Å². The lowest BCUT2D eigenvalue weighted by atomic mass is 9.96. The second-order valence-electron chi connectivity index (χ2n) is 15.7. The summed E-state index contributed by atoms with van der Waals surface area (Å²) in [5.74, 6) is 0. The van der Waals surface area contributed by atoms with E-state index >= 15 is 0 Å². The number of para-hydroxylation sites is 4. The molecule has 2 nitrogen and oxygen atoms in total. The maximum atomic E-state index is 2.43. The van der Waals surface area contributed by atoms with Crippen LogP contribution in [0.4, 0.5) is 17.1 Å². The maximum Gasteiger partial charge on any atom is 0.0541 e. The molecule has 0 aliphatic rings. The van der Waals surface area contributed by atoms with E-state index in [-0.39, 0.29) is 0 Å². The summed E-state index contributed by atoms with van der Waals surface area (Å²) in [6.07, 6.45) is 0. The summed E-state index contributed by atoms with van der Waals surface area (Å²) in [6, 6.07) is 84.2. The number of fused-ring (bicyclic) bond motifs is 7. The molecule has 0 fully saturated rings. The Kier molecular flexibility index (Phi) is 8.39. The molecule has 2 heterocycles. The first-order chi connectivity index (χ1) is 30.3. The van der Waals surface area contributed by atoms with Crippen molar-refractivity contribution in [3.63, 3.8) is 0 Å². The maximum absolute atomic E-state index is 2.43. The molecule has 10 aromatic carbocycles. The summed E-state index contributed by atoms with van der Waals surface area (Å²) in [6.45, 7) is 0. The molecule has 0 N–H and O–H groups in total. The van der Waals surface area contributed by atoms with Crippen LogP contribution in [0.5, 0.6) is 0 Å². The second kappa shape index (κ2) is 14.5. The highest BCUT2D eigenvalue weighted by atomic mass is 32.1. The molecule has 0 spiro atoms. The van der Waals surface area contributed by atoms with Crippen LogP contribution < -0.4 is 4.90 Å². The molecule has 12 rings (SSSR count). The van der Waals surface area contributed by atoms with Gasteiger partial charge >= 0.3 is 0 Å². The number of hydrogen-bond donors (Lipinski definition) is 0. The van der Waals surface area contributed by atoms with Gasteiger partial charge in [-0.2, -0.15) is 0 Å². The van der Waals surface area contributed by atoms with E-state index in [4.69, 9.17) is 0 Å². The highest BCUT2D eigenvalue weighted by Gasteiger charge is 2.20. The fourth-order valence-corrected chi connectivity index (χ4v) is 10.5. The van der Waals surface area contributed by atoms with Gasteiger partial charge in [0.25, 0.3) is 0 Å². The second-order valence-corrected chi connectivity index (χ2v) is 16.8. The average molecular weight is 795 g/mol. The van der Waals surface area contributed by atoms with Crippen LogP contribution in [0.3, 0.4) is 0 Å². The van der Waals surface area contributed by atoms with Crippen LogP contribution in [0.1, 0.15) is 0 Å². The van der Waals surface area contributed by atoms with E-state index in [1.165, 1.54) is 91.8 Å². The van der Waals surface area contributed by atoms with Gasteiger partial charge in [-0.05, 0) is 93.7 Å². The summed E-state index contributed by atoms with van der Waals surface area (Å²) in [7, 11) is 0. The van der Waals surface area contributed by atoms with Crippen molar-refractivity contribution in [3.8, 4) is 39.1 Å². The minimum atomic E-state index is 1.10. The first kappa shape index (κ1) is 35.2. The third kappa shape index (κ3) is 5.93. The van der Waals surface area contributed by atoms with Crippen molar-refractivity contribution in [2.45, 2.75) is 0 Å². The Morgan fingerprint density at radius 1 is 0.328 bits per heavy atom. The Morgan fingerprint density at radius 2 is 0.852 bits per heavy atom. The number of thiophene rings is 1. The van der Waals surface area contributed by atoms with E-state index in [9.17, 15) is 0 Å². The minimum Gasteiger partial charge on any atom is -0.310 e. The first-order valence-corrected chi connectivity index (χ1v) is 21.7. The molecule has 0 saturated heterocycles. The van der Waals surface area contributed by atoms with Crippen LogP contribution in [0, 0.1) is 0 Å². The summed E-state index contributed by atoms with van der Waals surface area (Å²) in [4.78, 5) is 2.43. The molecule has 0 bridgehead atoms. The smallest absolute Gasteiger partial charge is 0.0541 e. The van der Waals surface area contributed by atoms with Gasteiger partial charge in [-0.3, -0.25) is 0 Å². The number of hydrogen-bond acceptors (Lipinski definition) is 2. The number of benzene rings is 10. The molecule has 0 unspecified atom stereocenters. The molecular formula is C58H38N2S. The number of anilines is 3. The largest absolute Gasteiger partial charge is 0.310 e. The van der Waals surface area contributed by atoms with Crippen molar-refractivity contribution in [1.29, 1.82) is 0 Å². The van der Waals surface area contributed by atoms with Gasteiger partial charge in [-0.15, -0.1) is 11.3 Å². The summed E-state index contributed by atoms with van der Waals surface area (Å²) in [5, 5.41) is 7.59. The molecule has 286 valence electrons. The predicted octanol–water partition coefficient (Wildman–Crippen LogP) is 16.8. The van der Waals surface area contributed by atoms with Crippen molar-refractivity contribution in [2.24, 2.45) is 0 Å². The molecule has 2 aromatic heterocycles. The third-order valence-corrected chi connectivity index (χ3v) is 13.4. The molecule has 3 heteroatoms. The topological polar surface area (TPSA) is 8.17 Å². The monoisotopic (exact) mass is 794 g/mol. The molecule has 12 aromatic rings. The fourth-order valence-electron chi connectivity index (χ4n) is 9.38. The Hall–Kier alpha value is -7.72. The van der Waals surface area contributed by atoms with Crippen LogP contribution in [0.25, 0.3) is 91.8 Å². The SMILES string of the molecule is c1ccc(N(c2ccc(-c3ccc(-c4ccccc4-n4c5ccccc5c5ccccc54)cc3)cc2)c2ccc3sc4ccccc4c3c2)c(-c2cccc3ccccc23)c1. The van der Waals surface area contributed by atoms with Gasteiger partial charge in [0.15, 0.2) is 0 Å². The van der Waals surface area contributed by atoms with E-state index < -0.39 is 0 Å². The van der Waals surface area contributed by atoms with E-state index in [2.05, 4.69) is 240 Å².